The largest absolute Gasteiger partial charge is 0.481 e. The third-order valence-electron chi connectivity index (χ3n) is 6.84. The zero-order valence-electron chi connectivity index (χ0n) is 19.5. The second kappa shape index (κ2) is 10.7. The van der Waals surface area contributed by atoms with Crippen molar-refractivity contribution >= 4 is 18.0 Å². The third-order valence-corrected chi connectivity index (χ3v) is 6.84. The van der Waals surface area contributed by atoms with Crippen LogP contribution >= 0.6 is 0 Å². The zero-order valence-corrected chi connectivity index (χ0v) is 19.5. The van der Waals surface area contributed by atoms with E-state index in [4.69, 9.17) is 9.84 Å². The maximum atomic E-state index is 12.4. The fourth-order valence-electron chi connectivity index (χ4n) is 5.10. The van der Waals surface area contributed by atoms with Crippen LogP contribution in [0.15, 0.2) is 48.5 Å². The Bertz CT molecular complexity index is 1010. The lowest BCUT2D eigenvalue weighted by Crippen LogP contribution is -2.34. The van der Waals surface area contributed by atoms with Crippen LogP contribution in [0, 0.1) is 5.92 Å². The Morgan fingerprint density at radius 1 is 1.09 bits per heavy atom. The highest BCUT2D eigenvalue weighted by atomic mass is 16.5. The Balaban J connectivity index is 1.19. The van der Waals surface area contributed by atoms with Crippen molar-refractivity contribution in [1.82, 2.24) is 10.2 Å². The molecule has 0 saturated carbocycles. The van der Waals surface area contributed by atoms with Gasteiger partial charge in [-0.3, -0.25) is 9.59 Å². The van der Waals surface area contributed by atoms with Crippen LogP contribution in [0.4, 0.5) is 4.79 Å². The van der Waals surface area contributed by atoms with E-state index in [0.29, 0.717) is 32.4 Å². The third kappa shape index (κ3) is 5.58. The number of rotatable bonds is 9. The molecule has 2 aliphatic rings. The molecule has 0 bridgehead atoms. The molecule has 0 spiro atoms. The van der Waals surface area contributed by atoms with Gasteiger partial charge in [0.1, 0.15) is 6.61 Å². The van der Waals surface area contributed by atoms with Gasteiger partial charge in [0.2, 0.25) is 5.91 Å². The molecule has 1 saturated heterocycles. The predicted molar refractivity (Wildman–Crippen MR) is 128 cm³/mol. The van der Waals surface area contributed by atoms with E-state index in [1.165, 1.54) is 22.3 Å². The molecular weight excluding hydrogens is 432 g/mol. The standard InChI is InChI=1S/C27H32N2O5/c1-18(7-6-12-25(30)29-14-13-19(16-29)15-26(31)32)28-27(33)34-17-24-22-10-4-2-8-20(22)21-9-3-5-11-23(21)24/h2-5,8-11,18-19,24H,6-7,12-17H2,1H3,(H,28,33)(H,31,32). The molecule has 2 unspecified atom stereocenters. The molecule has 34 heavy (non-hydrogen) atoms. The lowest BCUT2D eigenvalue weighted by molar-refractivity contribution is -0.138. The first-order chi connectivity index (χ1) is 16.4. The number of nitrogens with zero attached hydrogens (tertiary/aromatic N) is 1. The number of hydrogen-bond donors (Lipinski definition) is 2. The number of alkyl carbamates (subject to hydrolysis) is 1. The summed E-state index contributed by atoms with van der Waals surface area (Å²) in [4.78, 5) is 37.4. The molecule has 7 heteroatoms. The number of aliphatic carboxylic acids is 1. The molecule has 0 radical (unpaired) electrons. The van der Waals surface area contributed by atoms with Crippen LogP contribution in [0.2, 0.25) is 0 Å². The SMILES string of the molecule is CC(CCCC(=O)N1CCC(CC(=O)O)C1)NC(=O)OCC1c2ccccc2-c2ccccc21. The molecule has 1 heterocycles. The fraction of sp³-hybridized carbons (Fsp3) is 0.444. The zero-order chi connectivity index (χ0) is 24.1. The van der Waals surface area contributed by atoms with Gasteiger partial charge in [0, 0.05) is 37.9 Å². The summed E-state index contributed by atoms with van der Waals surface area (Å²) in [5.74, 6) is -0.680. The van der Waals surface area contributed by atoms with Crippen LogP contribution in [-0.4, -0.2) is 53.7 Å². The van der Waals surface area contributed by atoms with Crippen molar-refractivity contribution < 1.29 is 24.2 Å². The molecule has 7 nitrogen and oxygen atoms in total. The molecule has 2 aromatic carbocycles. The summed E-state index contributed by atoms with van der Waals surface area (Å²) < 4.78 is 5.59. The monoisotopic (exact) mass is 464 g/mol. The number of carbonyl (C=O) groups is 3. The maximum absolute atomic E-state index is 12.4. The van der Waals surface area contributed by atoms with E-state index in [1.807, 2.05) is 31.2 Å². The number of carboxylic acid groups (broad SMARTS) is 1. The second-order valence-corrected chi connectivity index (χ2v) is 9.36. The summed E-state index contributed by atoms with van der Waals surface area (Å²) in [7, 11) is 0. The first kappa shape index (κ1) is 23.8. The number of benzene rings is 2. The van der Waals surface area contributed by atoms with E-state index in [1.54, 1.807) is 4.90 Å². The first-order valence-electron chi connectivity index (χ1n) is 12.0. The molecule has 0 aromatic heterocycles. The van der Waals surface area contributed by atoms with E-state index >= 15 is 0 Å². The van der Waals surface area contributed by atoms with Gasteiger partial charge in [-0.1, -0.05) is 48.5 Å². The number of ether oxygens (including phenoxy) is 1. The van der Waals surface area contributed by atoms with Crippen molar-refractivity contribution in [1.29, 1.82) is 0 Å². The molecule has 2 aromatic rings. The Morgan fingerprint density at radius 2 is 1.74 bits per heavy atom. The topological polar surface area (TPSA) is 95.9 Å². The lowest BCUT2D eigenvalue weighted by atomic mass is 9.98. The van der Waals surface area contributed by atoms with Crippen molar-refractivity contribution in [3.05, 3.63) is 59.7 Å². The normalized spacial score (nSPS) is 17.7. The summed E-state index contributed by atoms with van der Waals surface area (Å²) in [6.07, 6.45) is 2.14. The number of nitrogens with one attached hydrogen (secondary N) is 1. The minimum absolute atomic E-state index is 0.0245. The van der Waals surface area contributed by atoms with Gasteiger partial charge in [-0.25, -0.2) is 4.79 Å². The minimum Gasteiger partial charge on any atom is -0.481 e. The minimum atomic E-state index is -0.813. The summed E-state index contributed by atoms with van der Waals surface area (Å²) in [6, 6.07) is 16.3. The number of hydrogen-bond acceptors (Lipinski definition) is 4. The van der Waals surface area contributed by atoms with Gasteiger partial charge in [0.25, 0.3) is 0 Å². The van der Waals surface area contributed by atoms with Crippen LogP contribution in [0.3, 0.4) is 0 Å². The quantitative estimate of drug-likeness (QED) is 0.573. The molecule has 4 rings (SSSR count). The summed E-state index contributed by atoms with van der Waals surface area (Å²) in [6.45, 7) is 3.34. The Hall–Kier alpha value is -3.35. The second-order valence-electron chi connectivity index (χ2n) is 9.36. The molecule has 1 fully saturated rings. The van der Waals surface area contributed by atoms with Crippen LogP contribution < -0.4 is 5.32 Å². The highest BCUT2D eigenvalue weighted by Crippen LogP contribution is 2.44. The van der Waals surface area contributed by atoms with Crippen LogP contribution in [0.25, 0.3) is 11.1 Å². The highest BCUT2D eigenvalue weighted by Gasteiger charge is 2.29. The van der Waals surface area contributed by atoms with E-state index in [-0.39, 0.29) is 36.8 Å². The average molecular weight is 465 g/mol. The first-order valence-corrected chi connectivity index (χ1v) is 12.0. The molecule has 2 N–H and O–H groups in total. The van der Waals surface area contributed by atoms with E-state index in [2.05, 4.69) is 29.6 Å². The number of carboxylic acids is 1. The Morgan fingerprint density at radius 3 is 2.38 bits per heavy atom. The average Bonchev–Trinajstić information content (AvgIpc) is 3.40. The van der Waals surface area contributed by atoms with Crippen molar-refractivity contribution in [3.8, 4) is 11.1 Å². The molecule has 2 atom stereocenters. The summed E-state index contributed by atoms with van der Waals surface area (Å²) >= 11 is 0. The van der Waals surface area contributed by atoms with Gasteiger partial charge >= 0.3 is 12.1 Å². The summed E-state index contributed by atoms with van der Waals surface area (Å²) in [5.41, 5.74) is 4.74. The van der Waals surface area contributed by atoms with Gasteiger partial charge in [-0.05, 0) is 54.4 Å². The predicted octanol–water partition coefficient (Wildman–Crippen LogP) is 4.41. The Labute approximate surface area is 200 Å². The van der Waals surface area contributed by atoms with Crippen molar-refractivity contribution in [2.75, 3.05) is 19.7 Å². The molecule has 2 amide bonds. The Kier molecular flexibility index (Phi) is 7.50. The molecule has 180 valence electrons. The van der Waals surface area contributed by atoms with Crippen molar-refractivity contribution in [2.45, 2.75) is 51.0 Å². The molecule has 1 aliphatic heterocycles. The van der Waals surface area contributed by atoms with Gasteiger partial charge in [-0.15, -0.1) is 0 Å². The van der Waals surface area contributed by atoms with Crippen molar-refractivity contribution in [3.63, 3.8) is 0 Å². The van der Waals surface area contributed by atoms with Gasteiger partial charge in [0.15, 0.2) is 0 Å². The van der Waals surface area contributed by atoms with Crippen molar-refractivity contribution in [2.24, 2.45) is 5.92 Å². The molecule has 1 aliphatic carbocycles. The number of fused-ring (bicyclic) bond motifs is 3. The number of carbonyl (C=O) groups excluding carboxylic acids is 2. The van der Waals surface area contributed by atoms with Crippen LogP contribution in [0.5, 0.6) is 0 Å². The summed E-state index contributed by atoms with van der Waals surface area (Å²) in [5, 5.41) is 11.8. The lowest BCUT2D eigenvalue weighted by Gasteiger charge is -2.18. The van der Waals surface area contributed by atoms with E-state index in [0.717, 1.165) is 6.42 Å². The number of amides is 2. The van der Waals surface area contributed by atoms with Crippen LogP contribution in [0.1, 0.15) is 56.1 Å². The highest BCUT2D eigenvalue weighted by molar-refractivity contribution is 5.79. The number of likely N-dealkylation sites (tertiary alicyclic amines) is 1. The van der Waals surface area contributed by atoms with Gasteiger partial charge in [-0.2, -0.15) is 0 Å². The van der Waals surface area contributed by atoms with Gasteiger partial charge < -0.3 is 20.1 Å². The smallest absolute Gasteiger partial charge is 0.407 e. The maximum Gasteiger partial charge on any atom is 0.407 e. The van der Waals surface area contributed by atoms with E-state index in [9.17, 15) is 14.4 Å². The van der Waals surface area contributed by atoms with Gasteiger partial charge in [0.05, 0.1) is 0 Å². The van der Waals surface area contributed by atoms with E-state index < -0.39 is 12.1 Å². The van der Waals surface area contributed by atoms with Crippen LogP contribution in [-0.2, 0) is 14.3 Å². The molecular formula is C27H32N2O5. The fourth-order valence-corrected chi connectivity index (χ4v) is 5.10.